The Balaban J connectivity index is 2.46. The van der Waals surface area contributed by atoms with Crippen LogP contribution in [0.5, 0.6) is 0 Å². The van der Waals surface area contributed by atoms with Gasteiger partial charge in [-0.05, 0) is 79.4 Å². The van der Waals surface area contributed by atoms with Gasteiger partial charge in [0.05, 0.1) is 6.61 Å². The van der Waals surface area contributed by atoms with Gasteiger partial charge in [-0.25, -0.2) is 4.79 Å². The molecule has 0 heterocycles. The molecule has 2 unspecified atom stereocenters. The van der Waals surface area contributed by atoms with Crippen molar-refractivity contribution in [3.63, 3.8) is 0 Å². The van der Waals surface area contributed by atoms with Gasteiger partial charge in [0.1, 0.15) is 17.7 Å². The molecule has 0 radical (unpaired) electrons. The number of ether oxygens (including phenoxy) is 1. The average molecular weight is 462 g/mol. The highest BCUT2D eigenvalue weighted by Gasteiger charge is 2.44. The van der Waals surface area contributed by atoms with Crippen LogP contribution >= 0.6 is 0 Å². The molecule has 0 aromatic heterocycles. The van der Waals surface area contributed by atoms with Crippen LogP contribution in [0, 0.1) is 13.8 Å². The molecule has 3 amide bonds. The molecule has 1 aliphatic carbocycles. The van der Waals surface area contributed by atoms with E-state index in [1.165, 1.54) is 4.90 Å². The van der Waals surface area contributed by atoms with Gasteiger partial charge in [-0.15, -0.1) is 0 Å². The van der Waals surface area contributed by atoms with Crippen LogP contribution in [0.4, 0.5) is 4.79 Å². The molecule has 8 nitrogen and oxygen atoms in total. The topological polar surface area (TPSA) is 108 Å². The number of amides is 3. The third-order valence-corrected chi connectivity index (χ3v) is 5.12. The van der Waals surface area contributed by atoms with Crippen molar-refractivity contribution in [3.05, 3.63) is 34.9 Å². The Kier molecular flexibility index (Phi) is 8.17. The molecule has 0 spiro atoms. The van der Waals surface area contributed by atoms with Crippen LogP contribution in [0.25, 0.3) is 0 Å². The van der Waals surface area contributed by atoms with E-state index in [0.717, 1.165) is 29.5 Å². The van der Waals surface area contributed by atoms with Gasteiger partial charge in [-0.3, -0.25) is 9.59 Å². The highest BCUT2D eigenvalue weighted by molar-refractivity contribution is 5.93. The number of hydrogen-bond acceptors (Lipinski definition) is 5. The third-order valence-electron chi connectivity index (χ3n) is 5.12. The zero-order valence-corrected chi connectivity index (χ0v) is 21.1. The second kappa shape index (κ2) is 10.1. The Morgan fingerprint density at radius 1 is 1.12 bits per heavy atom. The molecule has 1 aliphatic rings. The van der Waals surface area contributed by atoms with Crippen molar-refractivity contribution in [2.45, 2.75) is 97.5 Å². The number of carbonyl (C=O) groups excluding carboxylic acids is 3. The summed E-state index contributed by atoms with van der Waals surface area (Å²) >= 11 is 0. The number of aliphatic hydroxyl groups is 1. The fourth-order valence-electron chi connectivity index (χ4n) is 3.60. The summed E-state index contributed by atoms with van der Waals surface area (Å²) in [5.74, 6) is -0.814. The lowest BCUT2D eigenvalue weighted by molar-refractivity contribution is -0.144. The highest BCUT2D eigenvalue weighted by atomic mass is 16.6. The molecule has 1 fully saturated rings. The number of hydrogen-bond donors (Lipinski definition) is 3. The first-order chi connectivity index (χ1) is 15.1. The summed E-state index contributed by atoms with van der Waals surface area (Å²) < 4.78 is 5.26. The standard InChI is InChI=1S/C25H39N3O5/c1-15-9-10-16(2)18(13-15)20(21(30)27-24(3,4)5)28(17-11-12-17)22(31)19(14-29)26-23(32)33-25(6,7)8/h9-10,13,17,19-20,29H,11-12,14H2,1-8H3,(H,26,32)(H,27,30). The SMILES string of the molecule is Cc1ccc(C)c(C(C(=O)NC(C)(C)C)N(C(=O)C(CO)NC(=O)OC(C)(C)C)C2CC2)c1. The lowest BCUT2D eigenvalue weighted by Gasteiger charge is -2.36. The minimum absolute atomic E-state index is 0.150. The Morgan fingerprint density at radius 3 is 2.21 bits per heavy atom. The number of nitrogens with one attached hydrogen (secondary N) is 2. The molecule has 0 bridgehead atoms. The van der Waals surface area contributed by atoms with Gasteiger partial charge < -0.3 is 25.4 Å². The minimum atomic E-state index is -1.23. The molecule has 1 aromatic rings. The van der Waals surface area contributed by atoms with E-state index >= 15 is 0 Å². The lowest BCUT2D eigenvalue weighted by atomic mass is 9.95. The van der Waals surface area contributed by atoms with Gasteiger partial charge in [0.25, 0.3) is 0 Å². The monoisotopic (exact) mass is 461 g/mol. The summed E-state index contributed by atoms with van der Waals surface area (Å²) in [6.07, 6.45) is 0.703. The summed E-state index contributed by atoms with van der Waals surface area (Å²) in [5.41, 5.74) is 1.32. The van der Waals surface area contributed by atoms with E-state index in [9.17, 15) is 19.5 Å². The second-order valence-corrected chi connectivity index (χ2v) is 10.9. The highest BCUT2D eigenvalue weighted by Crippen LogP contribution is 2.37. The van der Waals surface area contributed by atoms with Gasteiger partial charge in [0.15, 0.2) is 0 Å². The number of aliphatic hydroxyl groups excluding tert-OH is 1. The number of aryl methyl sites for hydroxylation is 2. The zero-order chi connectivity index (χ0) is 25.1. The predicted octanol–water partition coefficient (Wildman–Crippen LogP) is 3.14. The number of nitrogens with zero attached hydrogens (tertiary/aromatic N) is 1. The first-order valence-corrected chi connectivity index (χ1v) is 11.4. The predicted molar refractivity (Wildman–Crippen MR) is 127 cm³/mol. The Morgan fingerprint density at radius 2 is 1.73 bits per heavy atom. The summed E-state index contributed by atoms with van der Waals surface area (Å²) in [6.45, 7) is 14.0. The van der Waals surface area contributed by atoms with Crippen LogP contribution in [0.3, 0.4) is 0 Å². The Hall–Kier alpha value is -2.61. The third kappa shape index (κ3) is 7.74. The number of benzene rings is 1. The van der Waals surface area contributed by atoms with E-state index in [-0.39, 0.29) is 11.9 Å². The van der Waals surface area contributed by atoms with Crippen LogP contribution < -0.4 is 10.6 Å². The number of alkyl carbamates (subject to hydrolysis) is 1. The van der Waals surface area contributed by atoms with E-state index < -0.39 is 41.8 Å². The summed E-state index contributed by atoms with van der Waals surface area (Å²) in [5, 5.41) is 15.4. The van der Waals surface area contributed by atoms with Crippen LogP contribution in [-0.4, -0.2) is 57.7 Å². The summed E-state index contributed by atoms with van der Waals surface area (Å²) in [4.78, 5) is 41.0. The van der Waals surface area contributed by atoms with Crippen molar-refractivity contribution >= 4 is 17.9 Å². The molecule has 2 rings (SSSR count). The molecule has 0 aliphatic heterocycles. The largest absolute Gasteiger partial charge is 0.444 e. The second-order valence-electron chi connectivity index (χ2n) is 10.9. The average Bonchev–Trinajstić information content (AvgIpc) is 3.47. The maximum atomic E-state index is 13.7. The molecular weight excluding hydrogens is 422 g/mol. The van der Waals surface area contributed by atoms with Crippen LogP contribution in [0.2, 0.25) is 0 Å². The Bertz CT molecular complexity index is 881. The first kappa shape index (κ1) is 26.6. The number of carbonyl (C=O) groups is 3. The van der Waals surface area contributed by atoms with Gasteiger partial charge in [-0.1, -0.05) is 23.8 Å². The molecule has 33 heavy (non-hydrogen) atoms. The van der Waals surface area contributed by atoms with E-state index in [0.29, 0.717) is 0 Å². The van der Waals surface area contributed by atoms with Crippen LogP contribution in [0.15, 0.2) is 18.2 Å². The molecular formula is C25H39N3O5. The van der Waals surface area contributed by atoms with E-state index in [2.05, 4.69) is 10.6 Å². The molecule has 2 atom stereocenters. The molecule has 8 heteroatoms. The molecule has 3 N–H and O–H groups in total. The quantitative estimate of drug-likeness (QED) is 0.578. The fourth-order valence-corrected chi connectivity index (χ4v) is 3.60. The van der Waals surface area contributed by atoms with Gasteiger partial charge in [0.2, 0.25) is 11.8 Å². The Labute approximate surface area is 197 Å². The van der Waals surface area contributed by atoms with Gasteiger partial charge in [0, 0.05) is 11.6 Å². The van der Waals surface area contributed by atoms with Crippen molar-refractivity contribution in [2.24, 2.45) is 0 Å². The normalized spacial score (nSPS) is 15.9. The molecule has 1 saturated carbocycles. The van der Waals surface area contributed by atoms with E-state index in [4.69, 9.17) is 4.74 Å². The van der Waals surface area contributed by atoms with Crippen molar-refractivity contribution in [1.82, 2.24) is 15.5 Å². The minimum Gasteiger partial charge on any atom is -0.444 e. The lowest BCUT2D eigenvalue weighted by Crippen LogP contribution is -2.56. The maximum absolute atomic E-state index is 13.7. The van der Waals surface area contributed by atoms with Crippen LogP contribution in [-0.2, 0) is 14.3 Å². The van der Waals surface area contributed by atoms with E-state index in [1.807, 2.05) is 52.8 Å². The zero-order valence-electron chi connectivity index (χ0n) is 21.1. The summed E-state index contributed by atoms with van der Waals surface area (Å²) in [7, 11) is 0. The fraction of sp³-hybridized carbons (Fsp3) is 0.640. The van der Waals surface area contributed by atoms with Crippen molar-refractivity contribution in [3.8, 4) is 0 Å². The summed E-state index contributed by atoms with van der Waals surface area (Å²) in [6, 6.07) is 3.54. The molecule has 1 aromatic carbocycles. The van der Waals surface area contributed by atoms with Crippen molar-refractivity contribution < 1.29 is 24.2 Å². The molecule has 0 saturated heterocycles. The molecule has 184 valence electrons. The van der Waals surface area contributed by atoms with Gasteiger partial charge >= 0.3 is 6.09 Å². The van der Waals surface area contributed by atoms with Crippen molar-refractivity contribution in [2.75, 3.05) is 6.61 Å². The maximum Gasteiger partial charge on any atom is 0.408 e. The van der Waals surface area contributed by atoms with Crippen molar-refractivity contribution in [1.29, 1.82) is 0 Å². The van der Waals surface area contributed by atoms with Gasteiger partial charge in [-0.2, -0.15) is 0 Å². The smallest absolute Gasteiger partial charge is 0.408 e. The number of rotatable bonds is 7. The van der Waals surface area contributed by atoms with E-state index in [1.54, 1.807) is 20.8 Å². The first-order valence-electron chi connectivity index (χ1n) is 11.4. The van der Waals surface area contributed by atoms with Crippen LogP contribution in [0.1, 0.15) is 77.1 Å².